The molecule has 3 rings (SSSR count). The Hall–Kier alpha value is -3.28. The molecule has 6 heteroatoms. The van der Waals surface area contributed by atoms with E-state index in [1.54, 1.807) is 57.4 Å². The van der Waals surface area contributed by atoms with Crippen molar-refractivity contribution in [2.75, 3.05) is 13.7 Å². The summed E-state index contributed by atoms with van der Waals surface area (Å²) >= 11 is 0. The van der Waals surface area contributed by atoms with Crippen LogP contribution in [0.4, 0.5) is 0 Å². The Morgan fingerprint density at radius 1 is 1.10 bits per heavy atom. The minimum atomic E-state index is -0.553. The summed E-state index contributed by atoms with van der Waals surface area (Å²) in [5.41, 5.74) is 1.77. The summed E-state index contributed by atoms with van der Waals surface area (Å²) in [6.45, 7) is 5.12. The maximum atomic E-state index is 13.2. The minimum Gasteiger partial charge on any atom is -0.497 e. The van der Waals surface area contributed by atoms with Gasteiger partial charge >= 0.3 is 5.97 Å². The van der Waals surface area contributed by atoms with E-state index in [1.165, 1.54) is 0 Å². The summed E-state index contributed by atoms with van der Waals surface area (Å²) in [6, 6.07) is 12.5. The first kappa shape index (κ1) is 20.5. The van der Waals surface area contributed by atoms with Gasteiger partial charge in [0.05, 0.1) is 18.6 Å². The van der Waals surface area contributed by atoms with E-state index < -0.39 is 5.97 Å². The average Bonchev–Trinajstić information content (AvgIpc) is 2.72. The molecule has 0 fully saturated rings. The van der Waals surface area contributed by atoms with Crippen molar-refractivity contribution < 1.29 is 23.4 Å². The monoisotopic (exact) mass is 396 g/mol. The number of hydrogen-bond donors (Lipinski definition) is 0. The van der Waals surface area contributed by atoms with Gasteiger partial charge in [0.25, 0.3) is 0 Å². The molecule has 0 bridgehead atoms. The number of ether oxygens (including phenoxy) is 3. The van der Waals surface area contributed by atoms with Gasteiger partial charge in [-0.1, -0.05) is 13.0 Å². The molecule has 29 heavy (non-hydrogen) atoms. The quantitative estimate of drug-likeness (QED) is 0.553. The lowest BCUT2D eigenvalue weighted by atomic mass is 10.1. The van der Waals surface area contributed by atoms with E-state index in [2.05, 4.69) is 0 Å². The van der Waals surface area contributed by atoms with Gasteiger partial charge in [-0.05, 0) is 62.2 Å². The zero-order valence-electron chi connectivity index (χ0n) is 17.0. The first-order chi connectivity index (χ1) is 13.9. The molecular formula is C23H24O6. The van der Waals surface area contributed by atoms with Crippen molar-refractivity contribution in [3.05, 3.63) is 58.3 Å². The summed E-state index contributed by atoms with van der Waals surface area (Å²) < 4.78 is 21.9. The fraction of sp³-hybridized carbons (Fsp3) is 0.304. The molecule has 0 aliphatic rings. The number of benzene rings is 2. The number of carbonyl (C=O) groups is 1. The van der Waals surface area contributed by atoms with Gasteiger partial charge in [-0.3, -0.25) is 4.79 Å². The molecule has 0 aliphatic heterocycles. The molecule has 0 unspecified atom stereocenters. The second-order valence-electron chi connectivity index (χ2n) is 6.83. The summed E-state index contributed by atoms with van der Waals surface area (Å²) in [4.78, 5) is 25.1. The van der Waals surface area contributed by atoms with Crippen LogP contribution in [0.1, 0.15) is 26.3 Å². The van der Waals surface area contributed by atoms with Crippen molar-refractivity contribution in [3.63, 3.8) is 0 Å². The van der Waals surface area contributed by atoms with Gasteiger partial charge in [-0.15, -0.1) is 0 Å². The number of fused-ring (bicyclic) bond motifs is 1. The Balaban J connectivity index is 2.10. The van der Waals surface area contributed by atoms with Crippen LogP contribution in [0.25, 0.3) is 22.3 Å². The SMILES string of the molecule is CCc1ccc2oc(-c3ccc(OC)cc3)c(OCC(=O)OC(C)C)c(=O)c2c1. The smallest absolute Gasteiger partial charge is 0.344 e. The molecule has 0 N–H and O–H groups in total. The van der Waals surface area contributed by atoms with E-state index in [0.717, 1.165) is 12.0 Å². The minimum absolute atomic E-state index is 0.0170. The molecular weight excluding hydrogens is 372 g/mol. The largest absolute Gasteiger partial charge is 0.497 e. The first-order valence-electron chi connectivity index (χ1n) is 9.49. The molecule has 6 nitrogen and oxygen atoms in total. The highest BCUT2D eigenvalue weighted by Gasteiger charge is 2.20. The summed E-state index contributed by atoms with van der Waals surface area (Å²) in [6.07, 6.45) is 0.513. The lowest BCUT2D eigenvalue weighted by Gasteiger charge is -2.13. The van der Waals surface area contributed by atoms with Crippen LogP contribution in [0.5, 0.6) is 11.5 Å². The van der Waals surface area contributed by atoms with Gasteiger partial charge in [0, 0.05) is 5.56 Å². The molecule has 0 radical (unpaired) electrons. The number of methoxy groups -OCH3 is 1. The number of esters is 1. The standard InChI is InChI=1S/C23H24O6/c1-5-15-6-11-19-18(12-15)21(25)23(27-13-20(24)28-14(2)3)22(29-19)16-7-9-17(26-4)10-8-16/h6-12,14H,5,13H2,1-4H3. The third-order valence-corrected chi connectivity index (χ3v) is 4.38. The zero-order chi connectivity index (χ0) is 21.0. The van der Waals surface area contributed by atoms with Gasteiger partial charge in [-0.25, -0.2) is 4.79 Å². The van der Waals surface area contributed by atoms with Crippen molar-refractivity contribution in [1.82, 2.24) is 0 Å². The third kappa shape index (κ3) is 4.59. The van der Waals surface area contributed by atoms with Crippen molar-refractivity contribution in [1.29, 1.82) is 0 Å². The van der Waals surface area contributed by atoms with E-state index in [0.29, 0.717) is 22.3 Å². The van der Waals surface area contributed by atoms with Crippen LogP contribution in [-0.4, -0.2) is 25.8 Å². The second kappa shape index (κ2) is 8.82. The van der Waals surface area contributed by atoms with Crippen LogP contribution in [-0.2, 0) is 16.0 Å². The van der Waals surface area contributed by atoms with Crippen LogP contribution in [0.15, 0.2) is 51.7 Å². The Morgan fingerprint density at radius 2 is 1.83 bits per heavy atom. The molecule has 0 spiro atoms. The summed E-state index contributed by atoms with van der Waals surface area (Å²) in [5.74, 6) is 0.360. The molecule has 0 atom stereocenters. The Morgan fingerprint density at radius 3 is 2.45 bits per heavy atom. The third-order valence-electron chi connectivity index (χ3n) is 4.38. The Labute approximate surface area is 169 Å². The number of carbonyl (C=O) groups excluding carboxylic acids is 1. The molecule has 1 aromatic heterocycles. The highest BCUT2D eigenvalue weighted by atomic mass is 16.6. The van der Waals surface area contributed by atoms with E-state index >= 15 is 0 Å². The van der Waals surface area contributed by atoms with Crippen LogP contribution in [0, 0.1) is 0 Å². The van der Waals surface area contributed by atoms with Crippen molar-refractivity contribution in [3.8, 4) is 22.8 Å². The van der Waals surface area contributed by atoms with E-state index in [4.69, 9.17) is 18.6 Å². The van der Waals surface area contributed by atoms with E-state index in [-0.39, 0.29) is 29.6 Å². The van der Waals surface area contributed by atoms with Crippen LogP contribution >= 0.6 is 0 Å². The maximum absolute atomic E-state index is 13.2. The molecule has 2 aromatic carbocycles. The molecule has 0 saturated carbocycles. The van der Waals surface area contributed by atoms with Gasteiger partial charge in [-0.2, -0.15) is 0 Å². The normalized spacial score (nSPS) is 10.9. The highest BCUT2D eigenvalue weighted by molar-refractivity contribution is 5.83. The first-order valence-corrected chi connectivity index (χ1v) is 9.49. The van der Waals surface area contributed by atoms with Gasteiger partial charge < -0.3 is 18.6 Å². The van der Waals surface area contributed by atoms with Crippen LogP contribution in [0.3, 0.4) is 0 Å². The average molecular weight is 396 g/mol. The summed E-state index contributed by atoms with van der Waals surface area (Å²) in [5, 5.41) is 0.411. The Kier molecular flexibility index (Phi) is 6.22. The van der Waals surface area contributed by atoms with Gasteiger partial charge in [0.1, 0.15) is 11.3 Å². The highest BCUT2D eigenvalue weighted by Crippen LogP contribution is 2.32. The Bertz CT molecular complexity index is 1060. The van der Waals surface area contributed by atoms with Crippen molar-refractivity contribution in [2.24, 2.45) is 0 Å². The molecule has 1 heterocycles. The number of rotatable bonds is 7. The summed E-state index contributed by atoms with van der Waals surface area (Å²) in [7, 11) is 1.57. The predicted molar refractivity (Wildman–Crippen MR) is 111 cm³/mol. The molecule has 3 aromatic rings. The lowest BCUT2D eigenvalue weighted by molar-refractivity contribution is -0.149. The van der Waals surface area contributed by atoms with Crippen molar-refractivity contribution >= 4 is 16.9 Å². The van der Waals surface area contributed by atoms with E-state index in [9.17, 15) is 9.59 Å². The number of aryl methyl sites for hydroxylation is 1. The second-order valence-corrected chi connectivity index (χ2v) is 6.83. The molecule has 0 aliphatic carbocycles. The van der Waals surface area contributed by atoms with Gasteiger partial charge in [0.2, 0.25) is 11.2 Å². The molecule has 0 amide bonds. The molecule has 0 saturated heterocycles. The maximum Gasteiger partial charge on any atom is 0.344 e. The van der Waals surface area contributed by atoms with Crippen LogP contribution in [0.2, 0.25) is 0 Å². The van der Waals surface area contributed by atoms with E-state index in [1.807, 2.05) is 13.0 Å². The number of hydrogen-bond acceptors (Lipinski definition) is 6. The topological polar surface area (TPSA) is 75.0 Å². The van der Waals surface area contributed by atoms with Crippen molar-refractivity contribution in [2.45, 2.75) is 33.3 Å². The van der Waals surface area contributed by atoms with Crippen LogP contribution < -0.4 is 14.9 Å². The fourth-order valence-corrected chi connectivity index (χ4v) is 2.94. The lowest BCUT2D eigenvalue weighted by Crippen LogP contribution is -2.21. The zero-order valence-corrected chi connectivity index (χ0v) is 17.0. The molecule has 152 valence electrons. The predicted octanol–water partition coefficient (Wildman–Crippen LogP) is 4.36. The fourth-order valence-electron chi connectivity index (χ4n) is 2.94. The van der Waals surface area contributed by atoms with Gasteiger partial charge in [0.15, 0.2) is 12.4 Å².